The Labute approximate surface area is 120 Å². The third-order valence-corrected chi connectivity index (χ3v) is 3.10. The fourth-order valence-corrected chi connectivity index (χ4v) is 2.02. The third kappa shape index (κ3) is 2.39. The summed E-state index contributed by atoms with van der Waals surface area (Å²) >= 11 is 8.95. The number of halogens is 3. The molecule has 0 radical (unpaired) electrons. The zero-order valence-corrected chi connectivity index (χ0v) is 11.6. The third-order valence-electron chi connectivity index (χ3n) is 2.30. The van der Waals surface area contributed by atoms with Gasteiger partial charge in [0.25, 0.3) is 5.78 Å². The van der Waals surface area contributed by atoms with Crippen LogP contribution < -0.4 is 4.74 Å². The second kappa shape index (κ2) is 4.75. The molecule has 2 heterocycles. The molecule has 0 bridgehead atoms. The number of hydrogen-bond donors (Lipinski definition) is 0. The van der Waals surface area contributed by atoms with E-state index in [2.05, 4.69) is 31.0 Å². The molecule has 0 atom stereocenters. The molecule has 0 saturated carbocycles. The number of aromatic nitrogens is 4. The lowest BCUT2D eigenvalue weighted by Crippen LogP contribution is -1.98. The number of benzene rings is 1. The van der Waals surface area contributed by atoms with E-state index in [9.17, 15) is 4.39 Å². The largest absolute Gasteiger partial charge is 0.439 e. The average Bonchev–Trinajstić information content (AvgIpc) is 2.82. The Hall–Kier alpha value is -1.73. The van der Waals surface area contributed by atoms with Gasteiger partial charge in [0, 0.05) is 6.07 Å². The molecule has 5 nitrogen and oxygen atoms in total. The Bertz CT molecular complexity index is 764. The Morgan fingerprint density at radius 1 is 1.32 bits per heavy atom. The molecule has 2 aromatic heterocycles. The summed E-state index contributed by atoms with van der Waals surface area (Å²) in [5, 5.41) is 4.20. The number of rotatable bonds is 2. The summed E-state index contributed by atoms with van der Waals surface area (Å²) in [6.45, 7) is 0. The minimum Gasteiger partial charge on any atom is -0.439 e. The van der Waals surface area contributed by atoms with Crippen LogP contribution in [0.5, 0.6) is 11.6 Å². The van der Waals surface area contributed by atoms with Crippen LogP contribution in [0.25, 0.3) is 5.78 Å². The Morgan fingerprint density at radius 2 is 2.16 bits per heavy atom. The van der Waals surface area contributed by atoms with E-state index in [0.717, 1.165) is 0 Å². The quantitative estimate of drug-likeness (QED) is 0.669. The lowest BCUT2D eigenvalue weighted by Gasteiger charge is -2.07. The summed E-state index contributed by atoms with van der Waals surface area (Å²) in [4.78, 5) is 7.90. The van der Waals surface area contributed by atoms with Crippen LogP contribution in [-0.4, -0.2) is 19.6 Å². The van der Waals surface area contributed by atoms with Gasteiger partial charge >= 0.3 is 0 Å². The molecule has 0 fully saturated rings. The van der Waals surface area contributed by atoms with Gasteiger partial charge in [0.1, 0.15) is 23.0 Å². The smallest absolute Gasteiger partial charge is 0.256 e. The zero-order valence-electron chi connectivity index (χ0n) is 9.22. The Kier molecular flexibility index (Phi) is 3.08. The van der Waals surface area contributed by atoms with Crippen molar-refractivity contribution in [3.05, 3.63) is 46.0 Å². The maximum absolute atomic E-state index is 13.1. The molecule has 1 aromatic carbocycles. The van der Waals surface area contributed by atoms with Crippen LogP contribution in [0.4, 0.5) is 4.39 Å². The topological polar surface area (TPSA) is 52.3 Å². The van der Waals surface area contributed by atoms with E-state index < -0.39 is 0 Å². The number of ether oxygens (including phenoxy) is 1. The highest BCUT2D eigenvalue weighted by Gasteiger charge is 2.09. The predicted molar refractivity (Wildman–Crippen MR) is 70.0 cm³/mol. The lowest BCUT2D eigenvalue weighted by atomic mass is 10.3. The molecule has 0 aliphatic heterocycles. The maximum atomic E-state index is 13.1. The second-order valence-electron chi connectivity index (χ2n) is 3.57. The van der Waals surface area contributed by atoms with Gasteiger partial charge in [-0.25, -0.2) is 4.39 Å². The molecule has 96 valence electrons. The highest BCUT2D eigenvalue weighted by Crippen LogP contribution is 2.27. The van der Waals surface area contributed by atoms with Gasteiger partial charge in [0.05, 0.1) is 4.47 Å². The molecule has 0 aliphatic carbocycles. The van der Waals surface area contributed by atoms with Crippen molar-refractivity contribution in [1.82, 2.24) is 19.6 Å². The summed E-state index contributed by atoms with van der Waals surface area (Å²) in [5.41, 5.74) is 0. The molecule has 19 heavy (non-hydrogen) atoms. The van der Waals surface area contributed by atoms with Crippen LogP contribution in [-0.2, 0) is 0 Å². The van der Waals surface area contributed by atoms with E-state index in [1.165, 1.54) is 35.1 Å². The molecule has 0 unspecified atom stereocenters. The number of fused-ring (bicyclic) bond motifs is 1. The highest BCUT2D eigenvalue weighted by molar-refractivity contribution is 9.10. The van der Waals surface area contributed by atoms with Gasteiger partial charge in [-0.15, -0.1) is 0 Å². The molecule has 0 saturated heterocycles. The van der Waals surface area contributed by atoms with Crippen molar-refractivity contribution in [3.8, 4) is 11.6 Å². The van der Waals surface area contributed by atoms with Gasteiger partial charge in [-0.2, -0.15) is 19.6 Å². The minimum absolute atomic E-state index is 0.233. The van der Waals surface area contributed by atoms with Gasteiger partial charge in [-0.3, -0.25) is 0 Å². The zero-order chi connectivity index (χ0) is 13.4. The van der Waals surface area contributed by atoms with Crippen molar-refractivity contribution in [3.63, 3.8) is 0 Å². The van der Waals surface area contributed by atoms with Gasteiger partial charge < -0.3 is 4.74 Å². The van der Waals surface area contributed by atoms with Crippen LogP contribution in [0.15, 0.2) is 35.1 Å². The normalized spacial score (nSPS) is 10.9. The monoisotopic (exact) mass is 342 g/mol. The fraction of sp³-hybridized carbons (Fsp3) is 0. The summed E-state index contributed by atoms with van der Waals surface area (Å²) in [5.74, 6) is 0.730. The molecule has 0 amide bonds. The standard InChI is InChI=1S/C11H5BrClFN4O/c12-7-3-6(1-2-8(7)14)19-10-4-9(13)17-11-15-5-16-18(10)11/h1-5H. The van der Waals surface area contributed by atoms with E-state index in [1.54, 1.807) is 0 Å². The highest BCUT2D eigenvalue weighted by atomic mass is 79.9. The average molecular weight is 344 g/mol. The molecular weight excluding hydrogens is 339 g/mol. The fourth-order valence-electron chi connectivity index (χ4n) is 1.49. The van der Waals surface area contributed by atoms with E-state index in [4.69, 9.17) is 16.3 Å². The van der Waals surface area contributed by atoms with E-state index in [-0.39, 0.29) is 11.0 Å². The number of nitrogens with zero attached hydrogens (tertiary/aromatic N) is 4. The van der Waals surface area contributed by atoms with Gasteiger partial charge in [0.2, 0.25) is 5.88 Å². The Morgan fingerprint density at radius 3 is 2.95 bits per heavy atom. The van der Waals surface area contributed by atoms with Gasteiger partial charge in [-0.1, -0.05) is 11.6 Å². The Balaban J connectivity index is 2.04. The van der Waals surface area contributed by atoms with Crippen molar-refractivity contribution in [2.45, 2.75) is 0 Å². The first-order chi connectivity index (χ1) is 9.13. The van der Waals surface area contributed by atoms with Crippen LogP contribution in [0, 0.1) is 5.82 Å². The van der Waals surface area contributed by atoms with Crippen molar-refractivity contribution >= 4 is 33.3 Å². The molecule has 0 spiro atoms. The van der Waals surface area contributed by atoms with E-state index >= 15 is 0 Å². The number of hydrogen-bond acceptors (Lipinski definition) is 4. The molecular formula is C11H5BrClFN4O. The van der Waals surface area contributed by atoms with Crippen LogP contribution >= 0.6 is 27.5 Å². The molecule has 3 aromatic rings. The van der Waals surface area contributed by atoms with Crippen LogP contribution in [0.1, 0.15) is 0 Å². The SMILES string of the molecule is Fc1ccc(Oc2cc(Cl)nc3ncnn23)cc1Br. The summed E-state index contributed by atoms with van der Waals surface area (Å²) in [6, 6.07) is 5.80. The molecule has 3 rings (SSSR count). The molecule has 0 N–H and O–H groups in total. The second-order valence-corrected chi connectivity index (χ2v) is 4.81. The first-order valence-corrected chi connectivity index (χ1v) is 6.30. The van der Waals surface area contributed by atoms with Crippen molar-refractivity contribution in [1.29, 1.82) is 0 Å². The summed E-state index contributed by atoms with van der Waals surface area (Å²) in [7, 11) is 0. The predicted octanol–water partition coefficient (Wildman–Crippen LogP) is 3.47. The van der Waals surface area contributed by atoms with Crippen molar-refractivity contribution in [2.75, 3.05) is 0 Å². The lowest BCUT2D eigenvalue weighted by molar-refractivity contribution is 0.444. The molecule has 8 heteroatoms. The van der Waals surface area contributed by atoms with Crippen LogP contribution in [0.2, 0.25) is 5.15 Å². The van der Waals surface area contributed by atoms with Crippen molar-refractivity contribution in [2.24, 2.45) is 0 Å². The first kappa shape index (κ1) is 12.3. The van der Waals surface area contributed by atoms with Crippen LogP contribution in [0.3, 0.4) is 0 Å². The van der Waals surface area contributed by atoms with E-state index in [0.29, 0.717) is 21.9 Å². The van der Waals surface area contributed by atoms with Gasteiger partial charge in [-0.05, 0) is 34.1 Å². The molecule has 0 aliphatic rings. The first-order valence-electron chi connectivity index (χ1n) is 5.13. The minimum atomic E-state index is -0.369. The van der Waals surface area contributed by atoms with E-state index in [1.807, 2.05) is 0 Å². The summed E-state index contributed by atoms with van der Waals surface area (Å²) < 4.78 is 20.4. The maximum Gasteiger partial charge on any atom is 0.256 e. The van der Waals surface area contributed by atoms with Gasteiger partial charge in [0.15, 0.2) is 0 Å². The summed E-state index contributed by atoms with van der Waals surface area (Å²) in [6.07, 6.45) is 1.34. The van der Waals surface area contributed by atoms with Crippen molar-refractivity contribution < 1.29 is 9.13 Å².